The van der Waals surface area contributed by atoms with Crippen LogP contribution in [0.15, 0.2) is 24.3 Å². The second kappa shape index (κ2) is 4.53. The number of rotatable bonds is 3. The van der Waals surface area contributed by atoms with Crippen molar-refractivity contribution in [3.05, 3.63) is 35.7 Å². The maximum absolute atomic E-state index is 5.90. The molecule has 19 heavy (non-hydrogen) atoms. The van der Waals surface area contributed by atoms with E-state index < -0.39 is 0 Å². The lowest BCUT2D eigenvalue weighted by molar-refractivity contribution is 0.416. The topological polar surface area (TPSA) is 61.0 Å². The number of hydrogen-bond acceptors (Lipinski definition) is 4. The number of nitrogen functional groups attached to an aromatic ring is 1. The van der Waals surface area contributed by atoms with E-state index in [1.54, 1.807) is 7.11 Å². The summed E-state index contributed by atoms with van der Waals surface area (Å²) in [7, 11) is 1.67. The first kappa shape index (κ1) is 12.0. The molecule has 3 rings (SSSR count). The van der Waals surface area contributed by atoms with Crippen molar-refractivity contribution in [3.8, 4) is 17.0 Å². The summed E-state index contributed by atoms with van der Waals surface area (Å²) in [4.78, 5) is 8.97. The fourth-order valence-electron chi connectivity index (χ4n) is 2.17. The molecule has 4 heteroatoms. The summed E-state index contributed by atoms with van der Waals surface area (Å²) in [5, 5.41) is 0. The summed E-state index contributed by atoms with van der Waals surface area (Å²) in [6, 6.07) is 7.86. The van der Waals surface area contributed by atoms with Crippen molar-refractivity contribution in [1.29, 1.82) is 0 Å². The van der Waals surface area contributed by atoms with Crippen LogP contribution in [0.5, 0.6) is 5.75 Å². The van der Waals surface area contributed by atoms with Gasteiger partial charge in [0.05, 0.1) is 12.8 Å². The van der Waals surface area contributed by atoms with Crippen molar-refractivity contribution in [3.63, 3.8) is 0 Å². The Bertz CT molecular complexity index is 621. The fraction of sp³-hybridized carbons (Fsp3) is 0.333. The third kappa shape index (κ3) is 2.38. The molecule has 0 unspecified atom stereocenters. The van der Waals surface area contributed by atoms with Gasteiger partial charge in [-0.05, 0) is 31.9 Å². The second-order valence-corrected chi connectivity index (χ2v) is 5.01. The molecule has 0 atom stereocenters. The van der Waals surface area contributed by atoms with Gasteiger partial charge in [0.1, 0.15) is 17.4 Å². The van der Waals surface area contributed by atoms with Crippen LogP contribution in [-0.4, -0.2) is 17.1 Å². The van der Waals surface area contributed by atoms with Crippen LogP contribution in [0.1, 0.15) is 30.1 Å². The van der Waals surface area contributed by atoms with E-state index in [4.69, 9.17) is 10.5 Å². The number of methoxy groups -OCH3 is 1. The first-order valence-corrected chi connectivity index (χ1v) is 6.47. The molecule has 0 spiro atoms. The van der Waals surface area contributed by atoms with Crippen LogP contribution in [-0.2, 0) is 0 Å². The van der Waals surface area contributed by atoms with Crippen LogP contribution in [0, 0.1) is 6.92 Å². The van der Waals surface area contributed by atoms with E-state index in [-0.39, 0.29) is 0 Å². The first-order valence-electron chi connectivity index (χ1n) is 6.47. The molecule has 98 valence electrons. The molecular formula is C15H17N3O. The van der Waals surface area contributed by atoms with Gasteiger partial charge in [-0.1, -0.05) is 11.6 Å². The molecule has 4 nitrogen and oxygen atoms in total. The molecular weight excluding hydrogens is 238 g/mol. The molecule has 0 amide bonds. The van der Waals surface area contributed by atoms with Gasteiger partial charge in [0.15, 0.2) is 0 Å². The zero-order chi connectivity index (χ0) is 13.4. The molecule has 2 aromatic rings. The fourth-order valence-corrected chi connectivity index (χ4v) is 2.17. The largest absolute Gasteiger partial charge is 0.496 e. The molecule has 1 aliphatic rings. The third-order valence-corrected chi connectivity index (χ3v) is 3.34. The highest BCUT2D eigenvalue weighted by atomic mass is 16.5. The zero-order valence-electron chi connectivity index (χ0n) is 11.2. The lowest BCUT2D eigenvalue weighted by atomic mass is 10.1. The molecule has 0 radical (unpaired) electrons. The highest BCUT2D eigenvalue weighted by Gasteiger charge is 2.27. The minimum Gasteiger partial charge on any atom is -0.496 e. The minimum absolute atomic E-state index is 0.484. The summed E-state index contributed by atoms with van der Waals surface area (Å²) in [5.74, 6) is 2.68. The number of aromatic nitrogens is 2. The van der Waals surface area contributed by atoms with Crippen LogP contribution >= 0.6 is 0 Å². The van der Waals surface area contributed by atoms with Crippen molar-refractivity contribution in [1.82, 2.24) is 9.97 Å². The predicted octanol–water partition coefficient (Wildman–Crippen LogP) is 2.92. The van der Waals surface area contributed by atoms with Gasteiger partial charge in [0.2, 0.25) is 0 Å². The third-order valence-electron chi connectivity index (χ3n) is 3.34. The van der Waals surface area contributed by atoms with E-state index in [9.17, 15) is 0 Å². The van der Waals surface area contributed by atoms with Crippen molar-refractivity contribution < 1.29 is 4.74 Å². The van der Waals surface area contributed by atoms with E-state index >= 15 is 0 Å². The SMILES string of the molecule is COc1ccc(C)cc1-c1cc(N)nc(C2CC2)n1. The summed E-state index contributed by atoms with van der Waals surface area (Å²) < 4.78 is 5.41. The summed E-state index contributed by atoms with van der Waals surface area (Å²) in [6.07, 6.45) is 2.32. The predicted molar refractivity (Wildman–Crippen MR) is 75.1 cm³/mol. The van der Waals surface area contributed by atoms with Crippen LogP contribution in [0.4, 0.5) is 5.82 Å². The van der Waals surface area contributed by atoms with Gasteiger partial charge in [-0.15, -0.1) is 0 Å². The van der Waals surface area contributed by atoms with Gasteiger partial charge in [-0.25, -0.2) is 9.97 Å². The number of nitrogens with two attached hydrogens (primary N) is 1. The standard InChI is InChI=1S/C15H17N3O/c1-9-3-6-13(19-2)11(7-9)12-8-14(16)18-15(17-12)10-4-5-10/h3,6-8,10H,4-5H2,1-2H3,(H2,16,17,18). The quantitative estimate of drug-likeness (QED) is 0.916. The molecule has 1 aromatic carbocycles. The van der Waals surface area contributed by atoms with Crippen molar-refractivity contribution in [2.75, 3.05) is 12.8 Å². The number of nitrogens with zero attached hydrogens (tertiary/aromatic N) is 2. The van der Waals surface area contributed by atoms with Gasteiger partial charge < -0.3 is 10.5 Å². The van der Waals surface area contributed by atoms with E-state index in [1.165, 1.54) is 5.56 Å². The first-order chi connectivity index (χ1) is 9.17. The maximum atomic E-state index is 5.90. The Morgan fingerprint density at radius 1 is 1.21 bits per heavy atom. The van der Waals surface area contributed by atoms with Crippen LogP contribution < -0.4 is 10.5 Å². The Hall–Kier alpha value is -2.10. The Morgan fingerprint density at radius 2 is 2.00 bits per heavy atom. The Morgan fingerprint density at radius 3 is 2.68 bits per heavy atom. The minimum atomic E-state index is 0.484. The van der Waals surface area contributed by atoms with Gasteiger partial charge in [0.25, 0.3) is 0 Å². The molecule has 0 saturated heterocycles. The zero-order valence-corrected chi connectivity index (χ0v) is 11.2. The summed E-state index contributed by atoms with van der Waals surface area (Å²) >= 11 is 0. The van der Waals surface area contributed by atoms with Crippen molar-refractivity contribution >= 4 is 5.82 Å². The molecule has 1 aliphatic carbocycles. The van der Waals surface area contributed by atoms with E-state index in [0.29, 0.717) is 11.7 Å². The normalized spacial score (nSPS) is 14.4. The molecule has 1 saturated carbocycles. The average molecular weight is 255 g/mol. The molecule has 0 bridgehead atoms. The Balaban J connectivity index is 2.12. The second-order valence-electron chi connectivity index (χ2n) is 5.01. The smallest absolute Gasteiger partial charge is 0.134 e. The molecule has 1 fully saturated rings. The van der Waals surface area contributed by atoms with Gasteiger partial charge >= 0.3 is 0 Å². The monoisotopic (exact) mass is 255 g/mol. The summed E-state index contributed by atoms with van der Waals surface area (Å²) in [6.45, 7) is 2.05. The van der Waals surface area contributed by atoms with E-state index in [1.807, 2.05) is 18.2 Å². The van der Waals surface area contributed by atoms with E-state index in [0.717, 1.165) is 35.7 Å². The highest BCUT2D eigenvalue weighted by molar-refractivity contribution is 5.69. The van der Waals surface area contributed by atoms with Gasteiger partial charge in [-0.2, -0.15) is 0 Å². The molecule has 1 aromatic heterocycles. The highest BCUT2D eigenvalue weighted by Crippen LogP contribution is 2.39. The van der Waals surface area contributed by atoms with Crippen molar-refractivity contribution in [2.45, 2.75) is 25.7 Å². The van der Waals surface area contributed by atoms with E-state index in [2.05, 4.69) is 23.0 Å². The lowest BCUT2D eigenvalue weighted by Gasteiger charge is -2.10. The molecule has 2 N–H and O–H groups in total. The van der Waals surface area contributed by atoms with Crippen LogP contribution in [0.2, 0.25) is 0 Å². The lowest BCUT2D eigenvalue weighted by Crippen LogP contribution is -2.01. The Kier molecular flexibility index (Phi) is 2.85. The van der Waals surface area contributed by atoms with Gasteiger partial charge in [0, 0.05) is 17.5 Å². The Labute approximate surface area is 112 Å². The number of ether oxygens (including phenoxy) is 1. The van der Waals surface area contributed by atoms with Crippen LogP contribution in [0.25, 0.3) is 11.3 Å². The summed E-state index contributed by atoms with van der Waals surface area (Å²) in [5.41, 5.74) is 8.88. The number of benzene rings is 1. The average Bonchev–Trinajstić information content (AvgIpc) is 3.22. The molecule has 0 aliphatic heterocycles. The van der Waals surface area contributed by atoms with Gasteiger partial charge in [-0.3, -0.25) is 0 Å². The van der Waals surface area contributed by atoms with Crippen molar-refractivity contribution in [2.24, 2.45) is 0 Å². The van der Waals surface area contributed by atoms with Crippen LogP contribution in [0.3, 0.4) is 0 Å². The maximum Gasteiger partial charge on any atom is 0.134 e. The number of hydrogen-bond donors (Lipinski definition) is 1. The number of aryl methyl sites for hydroxylation is 1. The molecule has 1 heterocycles. The number of anilines is 1.